The van der Waals surface area contributed by atoms with E-state index in [0.29, 0.717) is 25.8 Å². The van der Waals surface area contributed by atoms with Crippen molar-refractivity contribution in [2.75, 3.05) is 19.7 Å². The van der Waals surface area contributed by atoms with Gasteiger partial charge in [0.2, 0.25) is 5.91 Å². The van der Waals surface area contributed by atoms with Gasteiger partial charge in [0, 0.05) is 13.1 Å². The van der Waals surface area contributed by atoms with Crippen molar-refractivity contribution >= 4 is 5.91 Å². The number of amides is 1. The Morgan fingerprint density at radius 2 is 1.81 bits per heavy atom. The number of hydrogen-bond donors (Lipinski definition) is 2. The first kappa shape index (κ1) is 18.4. The van der Waals surface area contributed by atoms with Crippen LogP contribution in [0.5, 0.6) is 0 Å². The van der Waals surface area contributed by atoms with Gasteiger partial charge in [-0.15, -0.1) is 0 Å². The normalized spacial score (nSPS) is 16.9. The van der Waals surface area contributed by atoms with Gasteiger partial charge >= 0.3 is 0 Å². The molecule has 0 atom stereocenters. The summed E-state index contributed by atoms with van der Waals surface area (Å²) in [6.45, 7) is 5.88. The van der Waals surface area contributed by atoms with Crippen LogP contribution < -0.4 is 11.1 Å². The van der Waals surface area contributed by atoms with Gasteiger partial charge in [-0.1, -0.05) is 46.0 Å². The highest BCUT2D eigenvalue weighted by atomic mass is 16.5. The van der Waals surface area contributed by atoms with E-state index in [9.17, 15) is 4.79 Å². The number of ether oxygens (including phenoxy) is 1. The number of nitrogens with one attached hydrogen (secondary N) is 1. The van der Waals surface area contributed by atoms with Gasteiger partial charge in [-0.3, -0.25) is 4.79 Å². The fourth-order valence-corrected chi connectivity index (χ4v) is 3.42. The van der Waals surface area contributed by atoms with E-state index < -0.39 is 0 Å². The first-order valence-corrected chi connectivity index (χ1v) is 8.78. The predicted molar refractivity (Wildman–Crippen MR) is 87.1 cm³/mol. The average molecular weight is 298 g/mol. The Labute approximate surface area is 130 Å². The summed E-state index contributed by atoms with van der Waals surface area (Å²) in [5.74, 6) is 0.112. The molecule has 0 bridgehead atoms. The van der Waals surface area contributed by atoms with E-state index in [1.54, 1.807) is 0 Å². The molecule has 0 aliphatic heterocycles. The average Bonchev–Trinajstić information content (AvgIpc) is 2.52. The quantitative estimate of drug-likeness (QED) is 0.609. The molecule has 124 valence electrons. The molecule has 0 aromatic carbocycles. The van der Waals surface area contributed by atoms with Gasteiger partial charge in [-0.25, -0.2) is 0 Å². The molecular weight excluding hydrogens is 264 g/mol. The van der Waals surface area contributed by atoms with Crippen LogP contribution in [0.25, 0.3) is 0 Å². The Balaban J connectivity index is 2.31. The first-order valence-electron chi connectivity index (χ1n) is 8.78. The molecule has 0 saturated heterocycles. The largest absolute Gasteiger partial charge is 0.376 e. The molecule has 21 heavy (non-hydrogen) atoms. The molecule has 3 N–H and O–H groups in total. The highest BCUT2D eigenvalue weighted by Gasteiger charge is 2.34. The fraction of sp³-hybridized carbons (Fsp3) is 0.941. The minimum absolute atomic E-state index is 0.112. The number of hydrogen-bond acceptors (Lipinski definition) is 3. The Morgan fingerprint density at radius 1 is 1.19 bits per heavy atom. The van der Waals surface area contributed by atoms with Crippen LogP contribution in [0.3, 0.4) is 0 Å². The molecule has 1 aliphatic carbocycles. The Hall–Kier alpha value is -0.610. The van der Waals surface area contributed by atoms with Gasteiger partial charge in [-0.2, -0.15) is 0 Å². The minimum atomic E-state index is -0.381. The van der Waals surface area contributed by atoms with Crippen molar-refractivity contribution in [1.82, 2.24) is 5.32 Å². The molecule has 1 amide bonds. The van der Waals surface area contributed by atoms with E-state index >= 15 is 0 Å². The molecule has 0 unspecified atom stereocenters. The Morgan fingerprint density at radius 3 is 2.33 bits per heavy atom. The van der Waals surface area contributed by atoms with E-state index in [-0.39, 0.29) is 11.3 Å². The van der Waals surface area contributed by atoms with Crippen LogP contribution in [-0.4, -0.2) is 31.7 Å². The van der Waals surface area contributed by atoms with E-state index in [0.717, 1.165) is 25.7 Å². The second kappa shape index (κ2) is 10.2. The summed E-state index contributed by atoms with van der Waals surface area (Å²) in [6.07, 6.45) is 10.4. The minimum Gasteiger partial charge on any atom is -0.376 e. The maximum absolute atomic E-state index is 12.5. The lowest BCUT2D eigenvalue weighted by Gasteiger charge is -2.31. The number of carbonyl (C=O) groups excluding carboxylic acids is 1. The number of nitrogens with two attached hydrogens (primary N) is 1. The standard InChI is InChI=1S/C17H34N2O2/c1-3-10-17(14-18,11-4-2)16(20)19-12-13-21-15-8-6-5-7-9-15/h15H,3-14,18H2,1-2H3,(H,19,20). The maximum atomic E-state index is 12.5. The van der Waals surface area contributed by atoms with E-state index in [2.05, 4.69) is 19.2 Å². The number of carbonyl (C=O) groups is 1. The summed E-state index contributed by atoms with van der Waals surface area (Å²) in [5.41, 5.74) is 5.53. The van der Waals surface area contributed by atoms with Crippen LogP contribution in [0.2, 0.25) is 0 Å². The van der Waals surface area contributed by atoms with Gasteiger partial charge in [0.1, 0.15) is 0 Å². The van der Waals surface area contributed by atoms with Gasteiger partial charge in [0.15, 0.2) is 0 Å². The van der Waals surface area contributed by atoms with Gasteiger partial charge in [-0.05, 0) is 25.7 Å². The summed E-state index contributed by atoms with van der Waals surface area (Å²) < 4.78 is 5.85. The van der Waals surface area contributed by atoms with Crippen LogP contribution in [-0.2, 0) is 9.53 Å². The van der Waals surface area contributed by atoms with Crippen molar-refractivity contribution in [2.24, 2.45) is 11.1 Å². The summed E-state index contributed by atoms with van der Waals surface area (Å²) in [7, 11) is 0. The third-order valence-corrected chi connectivity index (χ3v) is 4.62. The molecule has 1 rings (SSSR count). The molecule has 0 radical (unpaired) electrons. The fourth-order valence-electron chi connectivity index (χ4n) is 3.42. The van der Waals surface area contributed by atoms with Crippen LogP contribution in [0.1, 0.15) is 71.6 Å². The lowest BCUT2D eigenvalue weighted by Crippen LogP contribution is -2.47. The molecule has 4 nitrogen and oxygen atoms in total. The van der Waals surface area contributed by atoms with Crippen LogP contribution in [0, 0.1) is 5.41 Å². The topological polar surface area (TPSA) is 64.4 Å². The Bertz CT molecular complexity index is 283. The lowest BCUT2D eigenvalue weighted by molar-refractivity contribution is -0.132. The molecule has 0 aromatic rings. The Kier molecular flexibility index (Phi) is 8.93. The molecule has 1 aliphatic rings. The number of rotatable bonds is 10. The zero-order valence-electron chi connectivity index (χ0n) is 14.0. The molecule has 0 spiro atoms. The smallest absolute Gasteiger partial charge is 0.227 e. The molecular formula is C17H34N2O2. The van der Waals surface area contributed by atoms with Crippen molar-refractivity contribution in [2.45, 2.75) is 77.7 Å². The SMILES string of the molecule is CCCC(CN)(CCC)C(=O)NCCOC1CCCCC1. The molecule has 0 heterocycles. The highest BCUT2D eigenvalue weighted by molar-refractivity contribution is 5.82. The van der Waals surface area contributed by atoms with Crippen molar-refractivity contribution in [1.29, 1.82) is 0 Å². The van der Waals surface area contributed by atoms with E-state index in [1.807, 2.05) is 0 Å². The van der Waals surface area contributed by atoms with Crippen molar-refractivity contribution in [3.63, 3.8) is 0 Å². The molecule has 0 aromatic heterocycles. The first-order chi connectivity index (χ1) is 10.2. The van der Waals surface area contributed by atoms with E-state index in [4.69, 9.17) is 10.5 Å². The predicted octanol–water partition coefficient (Wildman–Crippen LogP) is 3.00. The summed E-state index contributed by atoms with van der Waals surface area (Å²) in [5, 5.41) is 3.04. The molecule has 1 saturated carbocycles. The zero-order valence-corrected chi connectivity index (χ0v) is 14.0. The molecule has 4 heteroatoms. The monoisotopic (exact) mass is 298 g/mol. The van der Waals surface area contributed by atoms with Crippen molar-refractivity contribution < 1.29 is 9.53 Å². The summed E-state index contributed by atoms with van der Waals surface area (Å²) in [6, 6.07) is 0. The molecule has 1 fully saturated rings. The van der Waals surface area contributed by atoms with Crippen molar-refractivity contribution in [3.8, 4) is 0 Å². The van der Waals surface area contributed by atoms with E-state index in [1.165, 1.54) is 32.1 Å². The van der Waals surface area contributed by atoms with Crippen LogP contribution in [0.4, 0.5) is 0 Å². The van der Waals surface area contributed by atoms with Gasteiger partial charge < -0.3 is 15.8 Å². The zero-order chi connectivity index (χ0) is 15.6. The maximum Gasteiger partial charge on any atom is 0.227 e. The second-order valence-corrected chi connectivity index (χ2v) is 6.37. The van der Waals surface area contributed by atoms with Crippen molar-refractivity contribution in [3.05, 3.63) is 0 Å². The second-order valence-electron chi connectivity index (χ2n) is 6.37. The summed E-state index contributed by atoms with van der Waals surface area (Å²) in [4.78, 5) is 12.5. The highest BCUT2D eigenvalue weighted by Crippen LogP contribution is 2.29. The third-order valence-electron chi connectivity index (χ3n) is 4.62. The third kappa shape index (κ3) is 5.95. The van der Waals surface area contributed by atoms with Crippen LogP contribution >= 0.6 is 0 Å². The van der Waals surface area contributed by atoms with Gasteiger partial charge in [0.25, 0.3) is 0 Å². The van der Waals surface area contributed by atoms with Gasteiger partial charge in [0.05, 0.1) is 18.1 Å². The van der Waals surface area contributed by atoms with Crippen LogP contribution in [0.15, 0.2) is 0 Å². The lowest BCUT2D eigenvalue weighted by atomic mass is 9.78. The summed E-state index contributed by atoms with van der Waals surface area (Å²) >= 11 is 0.